The van der Waals surface area contributed by atoms with Gasteiger partial charge in [-0.3, -0.25) is 9.48 Å². The lowest BCUT2D eigenvalue weighted by atomic mass is 10.1. The highest BCUT2D eigenvalue weighted by Gasteiger charge is 2.15. The third-order valence-electron chi connectivity index (χ3n) is 2.94. The van der Waals surface area contributed by atoms with Crippen molar-refractivity contribution in [1.82, 2.24) is 9.78 Å². The minimum absolute atomic E-state index is 0.0860. The number of carbonyl (C=O) groups is 1. The maximum Gasteiger partial charge on any atom is 0.258 e. The van der Waals surface area contributed by atoms with Crippen molar-refractivity contribution in [3.05, 3.63) is 41.5 Å². The Kier molecular flexibility index (Phi) is 4.54. The van der Waals surface area contributed by atoms with Gasteiger partial charge in [0.1, 0.15) is 5.82 Å². The summed E-state index contributed by atoms with van der Waals surface area (Å²) in [5.41, 5.74) is 6.71. The van der Waals surface area contributed by atoms with E-state index < -0.39 is 11.7 Å². The average molecular weight is 292 g/mol. The summed E-state index contributed by atoms with van der Waals surface area (Å²) in [6.45, 7) is 2.64. The fourth-order valence-electron chi connectivity index (χ4n) is 1.90. The number of nitrogens with zero attached hydrogens (tertiary/aromatic N) is 2. The van der Waals surface area contributed by atoms with E-state index in [1.807, 2.05) is 0 Å². The van der Waals surface area contributed by atoms with Crippen molar-refractivity contribution < 1.29 is 13.9 Å². The number of halogens is 1. The van der Waals surface area contributed by atoms with Crippen molar-refractivity contribution in [1.29, 1.82) is 0 Å². The van der Waals surface area contributed by atoms with Gasteiger partial charge < -0.3 is 15.8 Å². The second kappa shape index (κ2) is 6.36. The van der Waals surface area contributed by atoms with Crippen LogP contribution in [0.3, 0.4) is 0 Å². The molecule has 0 aliphatic heterocycles. The molecule has 0 radical (unpaired) electrons. The van der Waals surface area contributed by atoms with Crippen molar-refractivity contribution in [3.63, 3.8) is 0 Å². The second-order valence-corrected chi connectivity index (χ2v) is 4.64. The maximum absolute atomic E-state index is 14.0. The van der Waals surface area contributed by atoms with E-state index in [-0.39, 0.29) is 5.56 Å². The number of nitrogens with one attached hydrogen (secondary N) is 1. The number of nitrogens with two attached hydrogens (primary N) is 1. The maximum atomic E-state index is 14.0. The quantitative estimate of drug-likeness (QED) is 0.823. The molecular formula is C14H17FN4O2. The van der Waals surface area contributed by atoms with Crippen molar-refractivity contribution >= 4 is 17.3 Å². The Hall–Kier alpha value is -2.41. The van der Waals surface area contributed by atoms with Crippen LogP contribution in [0.2, 0.25) is 0 Å². The Balaban J connectivity index is 2.13. The predicted octanol–water partition coefficient (Wildman–Crippen LogP) is 1.81. The number of ether oxygens (including phenoxy) is 1. The van der Waals surface area contributed by atoms with Gasteiger partial charge in [0.05, 0.1) is 30.6 Å². The third-order valence-corrected chi connectivity index (χ3v) is 2.94. The van der Waals surface area contributed by atoms with Crippen LogP contribution in [0.15, 0.2) is 24.5 Å². The van der Waals surface area contributed by atoms with Gasteiger partial charge in [-0.15, -0.1) is 0 Å². The Bertz CT molecular complexity index is 654. The molecule has 0 spiro atoms. The molecule has 1 aromatic heterocycles. The van der Waals surface area contributed by atoms with E-state index in [0.29, 0.717) is 30.1 Å². The van der Waals surface area contributed by atoms with Gasteiger partial charge in [-0.05, 0) is 24.6 Å². The summed E-state index contributed by atoms with van der Waals surface area (Å²) in [6.07, 6.45) is 3.14. The van der Waals surface area contributed by atoms with E-state index in [2.05, 4.69) is 10.4 Å². The number of carbonyl (C=O) groups excluding carboxylic acids is 1. The molecule has 0 aliphatic rings. The summed E-state index contributed by atoms with van der Waals surface area (Å²) in [6, 6.07) is 2.79. The molecular weight excluding hydrogens is 275 g/mol. The first-order valence-electron chi connectivity index (χ1n) is 6.39. The van der Waals surface area contributed by atoms with Crippen LogP contribution < -0.4 is 11.1 Å². The number of aryl methyl sites for hydroxylation is 1. The lowest BCUT2D eigenvalue weighted by Gasteiger charge is -2.07. The number of hydrogen-bond donors (Lipinski definition) is 2. The van der Waals surface area contributed by atoms with Gasteiger partial charge in [-0.2, -0.15) is 5.10 Å². The number of rotatable bonds is 5. The first kappa shape index (κ1) is 15.0. The van der Waals surface area contributed by atoms with Gasteiger partial charge in [0, 0.05) is 19.0 Å². The molecule has 1 amide bonds. The number of methoxy groups -OCH3 is 1. The summed E-state index contributed by atoms with van der Waals surface area (Å²) in [5, 5.41) is 6.65. The molecule has 2 aromatic rings. The standard InChI is InChI=1S/C14H17FN4O2/c1-9-5-10(16)6-12(13(9)15)14(20)18-11-7-17-19(8-11)3-4-21-2/h5-8H,3-4,16H2,1-2H3,(H,18,20). The zero-order valence-electron chi connectivity index (χ0n) is 11.9. The van der Waals surface area contributed by atoms with Crippen molar-refractivity contribution in [2.75, 3.05) is 24.8 Å². The zero-order valence-corrected chi connectivity index (χ0v) is 11.9. The largest absolute Gasteiger partial charge is 0.399 e. The summed E-state index contributed by atoms with van der Waals surface area (Å²) in [5.74, 6) is -1.14. The average Bonchev–Trinajstić information content (AvgIpc) is 2.87. The molecule has 0 saturated carbocycles. The molecule has 112 valence electrons. The SMILES string of the molecule is COCCn1cc(NC(=O)c2cc(N)cc(C)c2F)cn1. The molecule has 2 rings (SSSR count). The third kappa shape index (κ3) is 3.57. The van der Waals surface area contributed by atoms with Crippen molar-refractivity contribution in [2.24, 2.45) is 0 Å². The van der Waals surface area contributed by atoms with E-state index in [4.69, 9.17) is 10.5 Å². The molecule has 0 bridgehead atoms. The molecule has 6 nitrogen and oxygen atoms in total. The summed E-state index contributed by atoms with van der Waals surface area (Å²) in [4.78, 5) is 12.1. The Morgan fingerprint density at radius 1 is 1.52 bits per heavy atom. The highest BCUT2D eigenvalue weighted by molar-refractivity contribution is 6.05. The first-order chi connectivity index (χ1) is 10.0. The van der Waals surface area contributed by atoms with Crippen LogP contribution in [-0.4, -0.2) is 29.4 Å². The fourth-order valence-corrected chi connectivity index (χ4v) is 1.90. The Labute approximate surface area is 121 Å². The summed E-state index contributed by atoms with van der Waals surface area (Å²) in [7, 11) is 1.59. The monoisotopic (exact) mass is 292 g/mol. The Morgan fingerprint density at radius 2 is 2.29 bits per heavy atom. The highest BCUT2D eigenvalue weighted by Crippen LogP contribution is 2.18. The lowest BCUT2D eigenvalue weighted by Crippen LogP contribution is -2.14. The number of nitrogen functional groups attached to an aromatic ring is 1. The van der Waals surface area contributed by atoms with E-state index in [0.717, 1.165) is 0 Å². The van der Waals surface area contributed by atoms with Gasteiger partial charge in [-0.1, -0.05) is 0 Å². The summed E-state index contributed by atoms with van der Waals surface area (Å²) < 4.78 is 20.5. The molecule has 0 atom stereocenters. The van der Waals surface area contributed by atoms with Crippen LogP contribution in [-0.2, 0) is 11.3 Å². The topological polar surface area (TPSA) is 82.2 Å². The van der Waals surface area contributed by atoms with Crippen LogP contribution in [0.25, 0.3) is 0 Å². The molecule has 3 N–H and O–H groups in total. The van der Waals surface area contributed by atoms with Crippen molar-refractivity contribution in [3.8, 4) is 0 Å². The van der Waals surface area contributed by atoms with Crippen LogP contribution in [0.1, 0.15) is 15.9 Å². The molecule has 21 heavy (non-hydrogen) atoms. The fraction of sp³-hybridized carbons (Fsp3) is 0.286. The van der Waals surface area contributed by atoms with E-state index in [9.17, 15) is 9.18 Å². The van der Waals surface area contributed by atoms with E-state index in [1.54, 1.807) is 24.9 Å². The van der Waals surface area contributed by atoms with Crippen LogP contribution in [0, 0.1) is 12.7 Å². The van der Waals surface area contributed by atoms with Crippen LogP contribution in [0.4, 0.5) is 15.8 Å². The van der Waals surface area contributed by atoms with E-state index >= 15 is 0 Å². The molecule has 1 heterocycles. The minimum Gasteiger partial charge on any atom is -0.399 e. The number of anilines is 2. The molecule has 0 saturated heterocycles. The summed E-state index contributed by atoms with van der Waals surface area (Å²) >= 11 is 0. The molecule has 0 unspecified atom stereocenters. The first-order valence-corrected chi connectivity index (χ1v) is 6.39. The molecule has 0 aliphatic carbocycles. The van der Waals surface area contributed by atoms with Gasteiger partial charge in [0.15, 0.2) is 0 Å². The molecule has 7 heteroatoms. The smallest absolute Gasteiger partial charge is 0.258 e. The van der Waals surface area contributed by atoms with Gasteiger partial charge >= 0.3 is 0 Å². The van der Waals surface area contributed by atoms with Crippen molar-refractivity contribution in [2.45, 2.75) is 13.5 Å². The van der Waals surface area contributed by atoms with Crippen LogP contribution >= 0.6 is 0 Å². The zero-order chi connectivity index (χ0) is 15.4. The van der Waals surface area contributed by atoms with Gasteiger partial charge in [0.2, 0.25) is 0 Å². The Morgan fingerprint density at radius 3 is 3.00 bits per heavy atom. The normalized spacial score (nSPS) is 10.6. The molecule has 1 aromatic carbocycles. The minimum atomic E-state index is -0.575. The number of aromatic nitrogens is 2. The van der Waals surface area contributed by atoms with Gasteiger partial charge in [-0.25, -0.2) is 4.39 Å². The van der Waals surface area contributed by atoms with E-state index in [1.165, 1.54) is 18.3 Å². The molecule has 0 fully saturated rings. The predicted molar refractivity (Wildman–Crippen MR) is 77.6 cm³/mol. The number of hydrogen-bond acceptors (Lipinski definition) is 4. The second-order valence-electron chi connectivity index (χ2n) is 4.64. The number of amides is 1. The van der Waals surface area contributed by atoms with Gasteiger partial charge in [0.25, 0.3) is 5.91 Å². The highest BCUT2D eigenvalue weighted by atomic mass is 19.1. The lowest BCUT2D eigenvalue weighted by molar-refractivity contribution is 0.102. The van der Waals surface area contributed by atoms with Crippen LogP contribution in [0.5, 0.6) is 0 Å². The number of benzene rings is 1.